The van der Waals surface area contributed by atoms with Crippen molar-refractivity contribution in [2.75, 3.05) is 6.54 Å². The summed E-state index contributed by atoms with van der Waals surface area (Å²) in [5.74, 6) is 0.700. The molecule has 1 aromatic heterocycles. The topological polar surface area (TPSA) is 57.8 Å². The molecule has 0 bridgehead atoms. The molecular weight excluding hydrogens is 226 g/mol. The molecule has 4 nitrogen and oxygen atoms in total. The predicted molar refractivity (Wildman–Crippen MR) is 71.5 cm³/mol. The first-order valence-corrected chi connectivity index (χ1v) is 6.11. The minimum Gasteiger partial charge on any atom is -0.313 e. The van der Waals surface area contributed by atoms with E-state index in [0.717, 1.165) is 12.1 Å². The Bertz CT molecular complexity index is 548. The minimum absolute atomic E-state index is 0.0584. The van der Waals surface area contributed by atoms with Gasteiger partial charge in [-0.2, -0.15) is 0 Å². The van der Waals surface area contributed by atoms with E-state index in [-0.39, 0.29) is 5.56 Å². The summed E-state index contributed by atoms with van der Waals surface area (Å²) in [6.45, 7) is 3.40. The van der Waals surface area contributed by atoms with Crippen molar-refractivity contribution in [2.24, 2.45) is 0 Å². The fourth-order valence-corrected chi connectivity index (χ4v) is 1.72. The van der Waals surface area contributed by atoms with Gasteiger partial charge in [-0.3, -0.25) is 4.79 Å². The van der Waals surface area contributed by atoms with Gasteiger partial charge in [-0.25, -0.2) is 4.98 Å². The molecule has 2 N–H and O–H groups in total. The number of aromatic nitrogens is 2. The average Bonchev–Trinajstić information content (AvgIpc) is 2.39. The Balaban J connectivity index is 2.12. The van der Waals surface area contributed by atoms with Crippen molar-refractivity contribution in [1.82, 2.24) is 15.3 Å². The number of H-pyrrole nitrogens is 1. The molecule has 0 spiro atoms. The molecule has 0 aliphatic rings. The van der Waals surface area contributed by atoms with Gasteiger partial charge in [-0.1, -0.05) is 37.3 Å². The van der Waals surface area contributed by atoms with Crippen LogP contribution >= 0.6 is 0 Å². The Morgan fingerprint density at radius 3 is 2.72 bits per heavy atom. The number of rotatable bonds is 5. The molecule has 94 valence electrons. The van der Waals surface area contributed by atoms with Gasteiger partial charge in [0.1, 0.15) is 5.82 Å². The van der Waals surface area contributed by atoms with Crippen LogP contribution in [0.3, 0.4) is 0 Å². The molecule has 2 aromatic rings. The maximum Gasteiger partial charge on any atom is 0.255 e. The summed E-state index contributed by atoms with van der Waals surface area (Å²) in [7, 11) is 0. The number of aromatic amines is 1. The Labute approximate surface area is 106 Å². The van der Waals surface area contributed by atoms with Crippen molar-refractivity contribution in [2.45, 2.75) is 19.9 Å². The molecular formula is C14H17N3O. The summed E-state index contributed by atoms with van der Waals surface area (Å²) >= 11 is 0. The van der Waals surface area contributed by atoms with E-state index in [4.69, 9.17) is 0 Å². The Morgan fingerprint density at radius 2 is 2.06 bits per heavy atom. The summed E-state index contributed by atoms with van der Waals surface area (Å²) in [4.78, 5) is 18.9. The van der Waals surface area contributed by atoms with E-state index in [0.29, 0.717) is 24.4 Å². The summed E-state index contributed by atoms with van der Waals surface area (Å²) in [6, 6.07) is 9.97. The number of nitrogens with zero attached hydrogens (tertiary/aromatic N) is 1. The lowest BCUT2D eigenvalue weighted by atomic mass is 10.1. The third-order valence-corrected chi connectivity index (χ3v) is 2.71. The second kappa shape index (κ2) is 6.12. The van der Waals surface area contributed by atoms with Crippen LogP contribution in [0.1, 0.15) is 23.9 Å². The van der Waals surface area contributed by atoms with Crippen LogP contribution in [0.5, 0.6) is 0 Å². The van der Waals surface area contributed by atoms with E-state index >= 15 is 0 Å². The third kappa shape index (κ3) is 3.28. The lowest BCUT2D eigenvalue weighted by Crippen LogP contribution is -2.22. The van der Waals surface area contributed by atoms with Gasteiger partial charge in [-0.15, -0.1) is 0 Å². The van der Waals surface area contributed by atoms with Crippen LogP contribution in [0.2, 0.25) is 0 Å². The summed E-state index contributed by atoms with van der Waals surface area (Å²) in [5.41, 5.74) is 1.76. The van der Waals surface area contributed by atoms with Crippen molar-refractivity contribution in [3.05, 3.63) is 63.8 Å². The Morgan fingerprint density at radius 1 is 1.28 bits per heavy atom. The van der Waals surface area contributed by atoms with Crippen LogP contribution in [-0.4, -0.2) is 16.5 Å². The first kappa shape index (κ1) is 12.5. The largest absolute Gasteiger partial charge is 0.313 e. The van der Waals surface area contributed by atoms with Gasteiger partial charge in [0.2, 0.25) is 0 Å². The second-order valence-electron chi connectivity index (χ2n) is 4.13. The highest BCUT2D eigenvalue weighted by molar-refractivity contribution is 5.19. The first-order valence-electron chi connectivity index (χ1n) is 6.11. The quantitative estimate of drug-likeness (QED) is 0.836. The van der Waals surface area contributed by atoms with Crippen molar-refractivity contribution in [3.8, 4) is 0 Å². The average molecular weight is 243 g/mol. The second-order valence-corrected chi connectivity index (χ2v) is 4.13. The van der Waals surface area contributed by atoms with Gasteiger partial charge in [0.25, 0.3) is 5.56 Å². The van der Waals surface area contributed by atoms with Crippen LogP contribution in [-0.2, 0) is 13.0 Å². The molecule has 0 atom stereocenters. The molecule has 0 aliphatic carbocycles. The number of hydrogen-bond donors (Lipinski definition) is 2. The minimum atomic E-state index is -0.0584. The molecule has 0 saturated carbocycles. The number of benzene rings is 1. The van der Waals surface area contributed by atoms with Crippen LogP contribution in [0.25, 0.3) is 0 Å². The maximum absolute atomic E-state index is 11.8. The van der Waals surface area contributed by atoms with Gasteiger partial charge < -0.3 is 10.3 Å². The highest BCUT2D eigenvalue weighted by Crippen LogP contribution is 2.03. The van der Waals surface area contributed by atoms with E-state index in [9.17, 15) is 4.79 Å². The Kier molecular flexibility index (Phi) is 4.25. The smallest absolute Gasteiger partial charge is 0.255 e. The normalized spacial score (nSPS) is 10.5. The van der Waals surface area contributed by atoms with Crippen LogP contribution in [0.15, 0.2) is 41.3 Å². The number of hydrogen-bond acceptors (Lipinski definition) is 3. The van der Waals surface area contributed by atoms with Gasteiger partial charge in [-0.05, 0) is 12.1 Å². The molecule has 0 amide bonds. The third-order valence-electron chi connectivity index (χ3n) is 2.71. The lowest BCUT2D eigenvalue weighted by Gasteiger charge is -2.04. The van der Waals surface area contributed by atoms with Crippen LogP contribution in [0, 0.1) is 0 Å². The van der Waals surface area contributed by atoms with Crippen molar-refractivity contribution >= 4 is 0 Å². The van der Waals surface area contributed by atoms with Gasteiger partial charge in [0.05, 0.1) is 0 Å². The van der Waals surface area contributed by atoms with Crippen LogP contribution in [0.4, 0.5) is 0 Å². The highest BCUT2D eigenvalue weighted by Gasteiger charge is 2.02. The van der Waals surface area contributed by atoms with E-state index in [2.05, 4.69) is 15.3 Å². The molecule has 0 radical (unpaired) electrons. The Hall–Kier alpha value is -1.94. The van der Waals surface area contributed by atoms with Crippen molar-refractivity contribution in [1.29, 1.82) is 0 Å². The first-order chi connectivity index (χ1) is 8.79. The van der Waals surface area contributed by atoms with Crippen molar-refractivity contribution < 1.29 is 0 Å². The lowest BCUT2D eigenvalue weighted by molar-refractivity contribution is 0.712. The molecule has 0 unspecified atom stereocenters. The van der Waals surface area contributed by atoms with Gasteiger partial charge in [0.15, 0.2) is 0 Å². The molecule has 0 saturated heterocycles. The fraction of sp³-hybridized carbons (Fsp3) is 0.286. The van der Waals surface area contributed by atoms with E-state index in [1.54, 1.807) is 6.20 Å². The standard InChI is InChI=1S/C14H17N3O/c1-2-15-9-12-10-16-13(17-14(12)18)8-11-6-4-3-5-7-11/h3-7,10,15H,2,8-9H2,1H3,(H,16,17,18). The fourth-order valence-electron chi connectivity index (χ4n) is 1.72. The maximum atomic E-state index is 11.8. The van der Waals surface area contributed by atoms with Crippen molar-refractivity contribution in [3.63, 3.8) is 0 Å². The zero-order valence-electron chi connectivity index (χ0n) is 10.4. The summed E-state index contributed by atoms with van der Waals surface area (Å²) < 4.78 is 0. The molecule has 0 fully saturated rings. The summed E-state index contributed by atoms with van der Waals surface area (Å²) in [6.07, 6.45) is 2.30. The van der Waals surface area contributed by atoms with Gasteiger partial charge in [0, 0.05) is 24.7 Å². The van der Waals surface area contributed by atoms with Crippen LogP contribution < -0.4 is 10.9 Å². The summed E-state index contributed by atoms with van der Waals surface area (Å²) in [5, 5.41) is 3.11. The molecule has 4 heteroatoms. The van der Waals surface area contributed by atoms with E-state index < -0.39 is 0 Å². The molecule has 0 aliphatic heterocycles. The predicted octanol–water partition coefficient (Wildman–Crippen LogP) is 1.47. The zero-order chi connectivity index (χ0) is 12.8. The van der Waals surface area contributed by atoms with Gasteiger partial charge >= 0.3 is 0 Å². The van der Waals surface area contributed by atoms with E-state index in [1.807, 2.05) is 37.3 Å². The zero-order valence-corrected chi connectivity index (χ0v) is 10.4. The molecule has 2 rings (SSSR count). The van der Waals surface area contributed by atoms with E-state index in [1.165, 1.54) is 0 Å². The highest BCUT2D eigenvalue weighted by atomic mass is 16.1. The molecule has 18 heavy (non-hydrogen) atoms. The molecule has 1 heterocycles. The monoisotopic (exact) mass is 243 g/mol. The SMILES string of the molecule is CCNCc1cnc(Cc2ccccc2)[nH]c1=O. The number of nitrogens with one attached hydrogen (secondary N) is 2. The molecule has 1 aromatic carbocycles.